The highest BCUT2D eigenvalue weighted by molar-refractivity contribution is 9.10. The Morgan fingerprint density at radius 2 is 1.73 bits per heavy atom. The van der Waals surface area contributed by atoms with Gasteiger partial charge in [-0.2, -0.15) is 0 Å². The first-order valence-corrected chi connectivity index (χ1v) is 8.65. The molecular formula is C17H25BrN2O2. The van der Waals surface area contributed by atoms with Crippen LogP contribution in [0.15, 0.2) is 22.7 Å². The van der Waals surface area contributed by atoms with E-state index in [1.807, 2.05) is 19.1 Å². The summed E-state index contributed by atoms with van der Waals surface area (Å²) in [6.07, 6.45) is 3.83. The van der Waals surface area contributed by atoms with E-state index in [4.69, 9.17) is 0 Å². The molecule has 0 saturated heterocycles. The summed E-state index contributed by atoms with van der Waals surface area (Å²) in [5, 5.41) is 2.69. The smallest absolute Gasteiger partial charge is 0.313 e. The van der Waals surface area contributed by atoms with Gasteiger partial charge in [0.2, 0.25) is 0 Å². The SMILES string of the molecule is CCCCN(CCCC)C(=O)C(=O)Nc1ccc(C)cc1Br. The molecule has 4 nitrogen and oxygen atoms in total. The molecule has 1 rings (SSSR count). The van der Waals surface area contributed by atoms with E-state index in [2.05, 4.69) is 35.1 Å². The number of rotatable bonds is 7. The molecule has 0 fully saturated rings. The largest absolute Gasteiger partial charge is 0.334 e. The maximum atomic E-state index is 12.3. The number of anilines is 1. The molecule has 22 heavy (non-hydrogen) atoms. The van der Waals surface area contributed by atoms with E-state index < -0.39 is 11.8 Å². The number of carbonyl (C=O) groups excluding carboxylic acids is 2. The number of nitrogens with zero attached hydrogens (tertiary/aromatic N) is 1. The lowest BCUT2D eigenvalue weighted by molar-refractivity contribution is -0.143. The summed E-state index contributed by atoms with van der Waals surface area (Å²) in [5.74, 6) is -1.02. The zero-order valence-electron chi connectivity index (χ0n) is 13.6. The van der Waals surface area contributed by atoms with Gasteiger partial charge in [0, 0.05) is 17.6 Å². The zero-order chi connectivity index (χ0) is 16.5. The Morgan fingerprint density at radius 1 is 1.14 bits per heavy atom. The Morgan fingerprint density at radius 3 is 2.23 bits per heavy atom. The molecule has 0 radical (unpaired) electrons. The summed E-state index contributed by atoms with van der Waals surface area (Å²) in [5.41, 5.74) is 1.71. The molecule has 0 bridgehead atoms. The average Bonchev–Trinajstić information content (AvgIpc) is 2.49. The van der Waals surface area contributed by atoms with Crippen molar-refractivity contribution < 1.29 is 9.59 Å². The molecular weight excluding hydrogens is 344 g/mol. The summed E-state index contributed by atoms with van der Waals surface area (Å²) < 4.78 is 0.780. The molecule has 122 valence electrons. The van der Waals surface area contributed by atoms with Gasteiger partial charge in [0.25, 0.3) is 0 Å². The topological polar surface area (TPSA) is 49.4 Å². The van der Waals surface area contributed by atoms with Gasteiger partial charge in [-0.05, 0) is 53.4 Å². The van der Waals surface area contributed by atoms with Gasteiger partial charge in [0.1, 0.15) is 0 Å². The van der Waals surface area contributed by atoms with Crippen molar-refractivity contribution in [1.29, 1.82) is 0 Å². The van der Waals surface area contributed by atoms with E-state index >= 15 is 0 Å². The molecule has 1 aromatic carbocycles. The normalized spacial score (nSPS) is 10.4. The molecule has 0 aliphatic rings. The molecule has 0 heterocycles. The highest BCUT2D eigenvalue weighted by Gasteiger charge is 2.21. The van der Waals surface area contributed by atoms with Gasteiger partial charge in [-0.3, -0.25) is 9.59 Å². The number of carbonyl (C=O) groups is 2. The summed E-state index contributed by atoms with van der Waals surface area (Å²) in [6.45, 7) is 7.40. The monoisotopic (exact) mass is 368 g/mol. The number of unbranched alkanes of at least 4 members (excludes halogenated alkanes) is 2. The lowest BCUT2D eigenvalue weighted by Crippen LogP contribution is -2.40. The third-order valence-electron chi connectivity index (χ3n) is 3.42. The molecule has 0 atom stereocenters. The first-order valence-electron chi connectivity index (χ1n) is 7.86. The van der Waals surface area contributed by atoms with Crippen molar-refractivity contribution >= 4 is 33.4 Å². The van der Waals surface area contributed by atoms with Gasteiger partial charge in [0.15, 0.2) is 0 Å². The predicted octanol–water partition coefficient (Wildman–Crippen LogP) is 4.12. The Hall–Kier alpha value is -1.36. The summed E-state index contributed by atoms with van der Waals surface area (Å²) in [6, 6.07) is 5.61. The maximum absolute atomic E-state index is 12.3. The van der Waals surface area contributed by atoms with Gasteiger partial charge >= 0.3 is 11.8 Å². The van der Waals surface area contributed by atoms with Crippen LogP contribution in [0.1, 0.15) is 45.1 Å². The van der Waals surface area contributed by atoms with Gasteiger partial charge in [-0.15, -0.1) is 0 Å². The average molecular weight is 369 g/mol. The van der Waals surface area contributed by atoms with Crippen LogP contribution in [0.4, 0.5) is 5.69 Å². The van der Waals surface area contributed by atoms with Gasteiger partial charge in [-0.25, -0.2) is 0 Å². The van der Waals surface area contributed by atoms with Crippen LogP contribution in [-0.2, 0) is 9.59 Å². The van der Waals surface area contributed by atoms with Crippen LogP contribution in [0.25, 0.3) is 0 Å². The van der Waals surface area contributed by atoms with Gasteiger partial charge in [0.05, 0.1) is 5.69 Å². The van der Waals surface area contributed by atoms with Crippen LogP contribution in [0, 0.1) is 6.92 Å². The minimum atomic E-state index is -0.572. The van der Waals surface area contributed by atoms with Crippen LogP contribution < -0.4 is 5.32 Å². The summed E-state index contributed by atoms with van der Waals surface area (Å²) in [4.78, 5) is 26.2. The minimum absolute atomic E-state index is 0.450. The number of aryl methyl sites for hydroxylation is 1. The van der Waals surface area contributed by atoms with E-state index in [0.717, 1.165) is 35.7 Å². The molecule has 5 heteroatoms. The van der Waals surface area contributed by atoms with Crippen molar-refractivity contribution in [3.05, 3.63) is 28.2 Å². The Labute approximate surface area is 141 Å². The third-order valence-corrected chi connectivity index (χ3v) is 4.07. The highest BCUT2D eigenvalue weighted by Crippen LogP contribution is 2.23. The van der Waals surface area contributed by atoms with Crippen LogP contribution in [0.2, 0.25) is 0 Å². The van der Waals surface area contributed by atoms with Crippen LogP contribution in [0.5, 0.6) is 0 Å². The molecule has 1 N–H and O–H groups in total. The number of hydrogen-bond acceptors (Lipinski definition) is 2. The first-order chi connectivity index (χ1) is 10.5. The molecule has 0 aliphatic carbocycles. The number of nitrogens with one attached hydrogen (secondary N) is 1. The van der Waals surface area contributed by atoms with E-state index in [1.165, 1.54) is 0 Å². The number of halogens is 1. The van der Waals surface area contributed by atoms with E-state index in [1.54, 1.807) is 11.0 Å². The minimum Gasteiger partial charge on any atom is -0.334 e. The molecule has 0 unspecified atom stereocenters. The van der Waals surface area contributed by atoms with Crippen molar-refractivity contribution in [3.63, 3.8) is 0 Å². The van der Waals surface area contributed by atoms with E-state index in [0.29, 0.717) is 18.8 Å². The van der Waals surface area contributed by atoms with Crippen molar-refractivity contribution in [3.8, 4) is 0 Å². The molecule has 0 saturated carbocycles. The number of benzene rings is 1. The lowest BCUT2D eigenvalue weighted by Gasteiger charge is -2.21. The Kier molecular flexibility index (Phi) is 8.17. The van der Waals surface area contributed by atoms with Crippen molar-refractivity contribution in [1.82, 2.24) is 4.90 Å². The van der Waals surface area contributed by atoms with Crippen molar-refractivity contribution in [2.45, 2.75) is 46.5 Å². The van der Waals surface area contributed by atoms with Crippen LogP contribution in [-0.4, -0.2) is 29.8 Å². The fraction of sp³-hybridized carbons (Fsp3) is 0.529. The second-order valence-corrected chi connectivity index (χ2v) is 6.29. The van der Waals surface area contributed by atoms with Crippen molar-refractivity contribution in [2.75, 3.05) is 18.4 Å². The van der Waals surface area contributed by atoms with Crippen molar-refractivity contribution in [2.24, 2.45) is 0 Å². The maximum Gasteiger partial charge on any atom is 0.313 e. The molecule has 0 spiro atoms. The number of hydrogen-bond donors (Lipinski definition) is 1. The Bertz CT molecular complexity index is 509. The predicted molar refractivity (Wildman–Crippen MR) is 93.9 cm³/mol. The zero-order valence-corrected chi connectivity index (χ0v) is 15.2. The van der Waals surface area contributed by atoms with E-state index in [-0.39, 0.29) is 0 Å². The quantitative estimate of drug-likeness (QED) is 0.735. The molecule has 2 amide bonds. The third kappa shape index (κ3) is 5.79. The van der Waals surface area contributed by atoms with Gasteiger partial charge in [-0.1, -0.05) is 32.8 Å². The Balaban J connectivity index is 2.73. The molecule has 1 aromatic rings. The second-order valence-electron chi connectivity index (χ2n) is 5.44. The summed E-state index contributed by atoms with van der Waals surface area (Å²) in [7, 11) is 0. The molecule has 0 aliphatic heterocycles. The summed E-state index contributed by atoms with van der Waals surface area (Å²) >= 11 is 3.41. The number of amides is 2. The fourth-order valence-corrected chi connectivity index (χ4v) is 2.65. The first kappa shape index (κ1) is 18.7. The second kappa shape index (κ2) is 9.62. The van der Waals surface area contributed by atoms with Gasteiger partial charge < -0.3 is 10.2 Å². The van der Waals surface area contributed by atoms with Crippen LogP contribution in [0.3, 0.4) is 0 Å². The lowest BCUT2D eigenvalue weighted by atomic mass is 10.2. The standard InChI is InChI=1S/C17H25BrN2O2/c1-4-6-10-20(11-7-5-2)17(22)16(21)19-15-9-8-13(3)12-14(15)18/h8-9,12H,4-7,10-11H2,1-3H3,(H,19,21). The highest BCUT2D eigenvalue weighted by atomic mass is 79.9. The van der Waals surface area contributed by atoms with E-state index in [9.17, 15) is 9.59 Å². The van der Waals surface area contributed by atoms with Crippen LogP contribution >= 0.6 is 15.9 Å². The molecule has 0 aromatic heterocycles. The fourth-order valence-electron chi connectivity index (χ4n) is 2.05.